The minimum Gasteiger partial charge on any atom is -0.314 e. The fourth-order valence-corrected chi connectivity index (χ4v) is 4.25. The summed E-state index contributed by atoms with van der Waals surface area (Å²) in [4.78, 5) is 37.9. The predicted molar refractivity (Wildman–Crippen MR) is 112 cm³/mol. The van der Waals surface area contributed by atoms with Crippen LogP contribution in [-0.4, -0.2) is 69.8 Å². The summed E-state index contributed by atoms with van der Waals surface area (Å²) >= 11 is 0. The fraction of sp³-hybridized carbons (Fsp3) is 0.409. The Bertz CT molecular complexity index is 936. The molecule has 3 heterocycles. The molecule has 0 spiro atoms. The van der Waals surface area contributed by atoms with Crippen LogP contribution in [0.2, 0.25) is 0 Å². The Hall–Kier alpha value is -3.09. The molecule has 3 aliphatic heterocycles. The van der Waals surface area contributed by atoms with E-state index in [9.17, 15) is 9.59 Å². The van der Waals surface area contributed by atoms with Crippen molar-refractivity contribution in [3.8, 4) is 0 Å². The molecular formula is C22H27N5O2. The number of fused-ring (bicyclic) bond motifs is 3. The fourth-order valence-electron chi connectivity index (χ4n) is 4.25. The highest BCUT2D eigenvalue weighted by Gasteiger charge is 2.55. The van der Waals surface area contributed by atoms with Gasteiger partial charge in [-0.05, 0) is 32.8 Å². The molecule has 3 amide bonds. The number of nitrogens with zero attached hydrogens (tertiary/aromatic N) is 5. The van der Waals surface area contributed by atoms with Gasteiger partial charge in [-0.1, -0.05) is 42.5 Å². The van der Waals surface area contributed by atoms with Gasteiger partial charge in [-0.25, -0.2) is 9.79 Å². The highest BCUT2D eigenvalue weighted by Crippen LogP contribution is 2.37. The van der Waals surface area contributed by atoms with Crippen LogP contribution in [-0.2, 0) is 11.2 Å². The molecule has 0 radical (unpaired) electrons. The van der Waals surface area contributed by atoms with Gasteiger partial charge >= 0.3 is 6.03 Å². The molecule has 152 valence electrons. The minimum atomic E-state index is -0.524. The van der Waals surface area contributed by atoms with E-state index in [0.717, 1.165) is 35.9 Å². The largest absolute Gasteiger partial charge is 0.328 e. The van der Waals surface area contributed by atoms with Gasteiger partial charge in [-0.2, -0.15) is 0 Å². The van der Waals surface area contributed by atoms with Crippen molar-refractivity contribution in [2.75, 3.05) is 20.1 Å². The van der Waals surface area contributed by atoms with Crippen molar-refractivity contribution in [1.29, 1.82) is 0 Å². The van der Waals surface area contributed by atoms with Gasteiger partial charge in [-0.15, -0.1) is 0 Å². The molecule has 3 aliphatic rings. The summed E-state index contributed by atoms with van der Waals surface area (Å²) in [5.74, 6) is 0.549. The van der Waals surface area contributed by atoms with Crippen LogP contribution in [0.3, 0.4) is 0 Å². The number of hydrogen-bond donors (Lipinski definition) is 0. The van der Waals surface area contributed by atoms with Crippen LogP contribution in [0.1, 0.15) is 26.3 Å². The van der Waals surface area contributed by atoms with Gasteiger partial charge in [0, 0.05) is 25.0 Å². The summed E-state index contributed by atoms with van der Waals surface area (Å²) in [7, 11) is 1.71. The molecule has 7 nitrogen and oxygen atoms in total. The maximum absolute atomic E-state index is 13.3. The summed E-state index contributed by atoms with van der Waals surface area (Å²) in [6.45, 7) is 10.8. The highest BCUT2D eigenvalue weighted by molar-refractivity contribution is 6.05. The number of carbonyl (C=O) groups excluding carboxylic acids is 2. The standard InChI is InChI=1S/C22H27N5O2/c1-14(2)13-26-20(28)18-19(24(5)22(26)29)23-21-25(15(3)16(4)27(18)21)12-11-17-9-7-6-8-10-17/h6-10,18-19H,1,11-13H2,2-5H3. The molecule has 0 aliphatic carbocycles. The second kappa shape index (κ2) is 7.06. The van der Waals surface area contributed by atoms with Crippen molar-refractivity contribution >= 4 is 17.9 Å². The van der Waals surface area contributed by atoms with E-state index >= 15 is 0 Å². The second-order valence-corrected chi connectivity index (χ2v) is 7.99. The lowest BCUT2D eigenvalue weighted by atomic mass is 10.1. The molecule has 0 N–H and O–H groups in total. The third-order valence-corrected chi connectivity index (χ3v) is 5.90. The Kier molecular flexibility index (Phi) is 4.68. The molecule has 2 atom stereocenters. The van der Waals surface area contributed by atoms with Crippen molar-refractivity contribution in [3.63, 3.8) is 0 Å². The number of benzene rings is 1. The van der Waals surface area contributed by atoms with Crippen molar-refractivity contribution in [2.45, 2.75) is 39.4 Å². The average Bonchev–Trinajstić information content (AvgIpc) is 3.19. The maximum Gasteiger partial charge on any atom is 0.328 e. The summed E-state index contributed by atoms with van der Waals surface area (Å²) in [5, 5.41) is 0. The third kappa shape index (κ3) is 3.01. The maximum atomic E-state index is 13.3. The summed E-state index contributed by atoms with van der Waals surface area (Å²) in [6, 6.07) is 9.47. The van der Waals surface area contributed by atoms with E-state index in [0.29, 0.717) is 0 Å². The zero-order chi connectivity index (χ0) is 20.9. The molecule has 0 saturated carbocycles. The molecular weight excluding hydrogens is 366 g/mol. The number of urea groups is 1. The number of aliphatic imine (C=N–C) groups is 1. The van der Waals surface area contributed by atoms with Crippen molar-refractivity contribution < 1.29 is 9.59 Å². The molecule has 1 fully saturated rings. The second-order valence-electron chi connectivity index (χ2n) is 7.99. The van der Waals surface area contributed by atoms with E-state index in [-0.39, 0.29) is 18.5 Å². The Morgan fingerprint density at radius 3 is 2.45 bits per heavy atom. The number of hydrogen-bond acceptors (Lipinski definition) is 5. The van der Waals surface area contributed by atoms with E-state index in [1.54, 1.807) is 11.9 Å². The number of imide groups is 1. The van der Waals surface area contributed by atoms with Gasteiger partial charge in [0.25, 0.3) is 5.91 Å². The lowest BCUT2D eigenvalue weighted by molar-refractivity contribution is -0.136. The van der Waals surface area contributed by atoms with Gasteiger partial charge in [-0.3, -0.25) is 14.6 Å². The molecule has 29 heavy (non-hydrogen) atoms. The number of allylic oxidation sites excluding steroid dienone is 2. The van der Waals surface area contributed by atoms with E-state index in [1.165, 1.54) is 10.5 Å². The molecule has 0 bridgehead atoms. The smallest absolute Gasteiger partial charge is 0.314 e. The Labute approximate surface area is 171 Å². The summed E-state index contributed by atoms with van der Waals surface area (Å²) in [6.07, 6.45) is 0.367. The molecule has 1 saturated heterocycles. The average molecular weight is 393 g/mol. The van der Waals surface area contributed by atoms with Crippen LogP contribution in [0.25, 0.3) is 0 Å². The zero-order valence-electron chi connectivity index (χ0n) is 17.4. The first kappa shape index (κ1) is 19.2. The number of carbonyl (C=O) groups is 2. The molecule has 1 aromatic carbocycles. The third-order valence-electron chi connectivity index (χ3n) is 5.90. The monoisotopic (exact) mass is 393 g/mol. The molecule has 1 aromatic rings. The SMILES string of the molecule is C=C(C)CN1C(=O)C2C(N=C3N(CCc4ccccc4)C(C)=C(C)N32)N(C)C1=O. The van der Waals surface area contributed by atoms with Gasteiger partial charge in [0.05, 0.1) is 6.54 Å². The quantitative estimate of drug-likeness (QED) is 0.722. The first-order valence-electron chi connectivity index (χ1n) is 9.89. The summed E-state index contributed by atoms with van der Waals surface area (Å²) < 4.78 is 0. The Morgan fingerprint density at radius 1 is 1.10 bits per heavy atom. The van der Waals surface area contributed by atoms with Gasteiger partial charge in [0.15, 0.2) is 12.2 Å². The lowest BCUT2D eigenvalue weighted by Gasteiger charge is -2.40. The van der Waals surface area contributed by atoms with Crippen molar-refractivity contribution in [2.24, 2.45) is 4.99 Å². The molecule has 7 heteroatoms. The van der Waals surface area contributed by atoms with Crippen molar-refractivity contribution in [3.05, 3.63) is 59.4 Å². The first-order chi connectivity index (χ1) is 13.8. The molecule has 2 unspecified atom stereocenters. The highest BCUT2D eigenvalue weighted by atomic mass is 16.2. The van der Waals surface area contributed by atoms with Crippen LogP contribution < -0.4 is 0 Å². The Balaban J connectivity index is 1.62. The van der Waals surface area contributed by atoms with E-state index in [4.69, 9.17) is 4.99 Å². The van der Waals surface area contributed by atoms with Crippen LogP contribution in [0, 0.1) is 0 Å². The number of likely N-dealkylation sites (N-methyl/N-ethyl adjacent to an activating group) is 1. The normalized spacial score (nSPS) is 23.7. The number of guanidine groups is 1. The van der Waals surface area contributed by atoms with Gasteiger partial charge in [0.1, 0.15) is 0 Å². The summed E-state index contributed by atoms with van der Waals surface area (Å²) in [5.41, 5.74) is 4.13. The van der Waals surface area contributed by atoms with Crippen LogP contribution in [0.5, 0.6) is 0 Å². The van der Waals surface area contributed by atoms with Gasteiger partial charge in [0.2, 0.25) is 5.96 Å². The van der Waals surface area contributed by atoms with Crippen LogP contribution >= 0.6 is 0 Å². The van der Waals surface area contributed by atoms with E-state index in [2.05, 4.69) is 30.5 Å². The Morgan fingerprint density at radius 2 is 1.79 bits per heavy atom. The van der Waals surface area contributed by atoms with Crippen LogP contribution in [0.4, 0.5) is 4.79 Å². The van der Waals surface area contributed by atoms with E-state index < -0.39 is 12.2 Å². The number of rotatable bonds is 5. The zero-order valence-corrected chi connectivity index (χ0v) is 17.4. The topological polar surface area (TPSA) is 59.5 Å². The molecule has 4 rings (SSSR count). The predicted octanol–water partition coefficient (Wildman–Crippen LogP) is 2.63. The van der Waals surface area contributed by atoms with Gasteiger partial charge < -0.3 is 9.80 Å². The van der Waals surface area contributed by atoms with Crippen molar-refractivity contribution in [1.82, 2.24) is 19.6 Å². The van der Waals surface area contributed by atoms with Crippen LogP contribution in [0.15, 0.2) is 58.9 Å². The first-order valence-corrected chi connectivity index (χ1v) is 9.89. The lowest BCUT2D eigenvalue weighted by Crippen LogP contribution is -2.64. The van der Waals surface area contributed by atoms with E-state index in [1.807, 2.05) is 36.9 Å². The molecule has 0 aromatic heterocycles. The number of amides is 3. The minimum absolute atomic E-state index is 0.211.